The van der Waals surface area contributed by atoms with Crippen molar-refractivity contribution in [3.63, 3.8) is 0 Å². The van der Waals surface area contributed by atoms with Crippen molar-refractivity contribution in [2.24, 2.45) is 0 Å². The van der Waals surface area contributed by atoms with E-state index in [2.05, 4.69) is 21.2 Å². The van der Waals surface area contributed by atoms with Crippen LogP contribution < -0.4 is 10.1 Å². The highest BCUT2D eigenvalue weighted by Crippen LogP contribution is 2.34. The highest BCUT2D eigenvalue weighted by atomic mass is 79.9. The predicted octanol–water partition coefficient (Wildman–Crippen LogP) is 5.29. The molecule has 0 spiro atoms. The van der Waals surface area contributed by atoms with E-state index in [0.717, 1.165) is 17.3 Å². The van der Waals surface area contributed by atoms with Crippen molar-refractivity contribution in [2.45, 2.75) is 25.4 Å². The van der Waals surface area contributed by atoms with E-state index in [9.17, 15) is 4.39 Å². The minimum absolute atomic E-state index is 0.259. The third-order valence-electron chi connectivity index (χ3n) is 3.33. The van der Waals surface area contributed by atoms with Gasteiger partial charge in [-0.15, -0.1) is 0 Å². The average Bonchev–Trinajstić information content (AvgIpc) is 3.25. The molecule has 0 aromatic heterocycles. The zero-order chi connectivity index (χ0) is 14.8. The standard InChI is InChI=1S/C16H14BrClFNO/c17-13-8-10(18)4-7-16(13)21-15-3-1-2-14(19)12(15)9-20-11-5-6-11/h1-4,7-8,11,20H,5-6,9H2. The summed E-state index contributed by atoms with van der Waals surface area (Å²) in [6.45, 7) is 0.470. The largest absolute Gasteiger partial charge is 0.456 e. The second-order valence-electron chi connectivity index (χ2n) is 5.05. The number of ether oxygens (including phenoxy) is 1. The molecule has 0 atom stereocenters. The van der Waals surface area contributed by atoms with Crippen LogP contribution in [0.4, 0.5) is 4.39 Å². The second-order valence-corrected chi connectivity index (χ2v) is 6.34. The van der Waals surface area contributed by atoms with Gasteiger partial charge in [-0.2, -0.15) is 0 Å². The summed E-state index contributed by atoms with van der Waals surface area (Å²) in [4.78, 5) is 0. The van der Waals surface area contributed by atoms with Crippen molar-refractivity contribution in [2.75, 3.05) is 0 Å². The van der Waals surface area contributed by atoms with Gasteiger partial charge < -0.3 is 10.1 Å². The smallest absolute Gasteiger partial charge is 0.141 e. The first-order chi connectivity index (χ1) is 10.1. The second kappa shape index (κ2) is 6.34. The Morgan fingerprint density at radius 1 is 1.24 bits per heavy atom. The quantitative estimate of drug-likeness (QED) is 0.772. The van der Waals surface area contributed by atoms with Crippen LogP contribution in [-0.2, 0) is 6.54 Å². The van der Waals surface area contributed by atoms with Gasteiger partial charge in [0.25, 0.3) is 0 Å². The summed E-state index contributed by atoms with van der Waals surface area (Å²) in [6.07, 6.45) is 2.32. The molecule has 1 fully saturated rings. The fourth-order valence-electron chi connectivity index (χ4n) is 2.02. The molecule has 1 saturated carbocycles. The Morgan fingerprint density at radius 2 is 2.05 bits per heavy atom. The van der Waals surface area contributed by atoms with Crippen LogP contribution in [0.3, 0.4) is 0 Å². The lowest BCUT2D eigenvalue weighted by Crippen LogP contribution is -2.16. The fraction of sp³-hybridized carbons (Fsp3) is 0.250. The summed E-state index contributed by atoms with van der Waals surface area (Å²) in [7, 11) is 0. The van der Waals surface area contributed by atoms with Crippen LogP contribution in [0.1, 0.15) is 18.4 Å². The number of nitrogens with one attached hydrogen (secondary N) is 1. The van der Waals surface area contributed by atoms with E-state index in [1.165, 1.54) is 6.07 Å². The molecule has 0 heterocycles. The zero-order valence-corrected chi connectivity index (χ0v) is 13.5. The van der Waals surface area contributed by atoms with Gasteiger partial charge in [0.15, 0.2) is 0 Å². The van der Waals surface area contributed by atoms with E-state index < -0.39 is 0 Å². The normalized spacial score (nSPS) is 14.2. The molecule has 3 rings (SSSR count). The van der Waals surface area contributed by atoms with Crippen LogP contribution in [0.15, 0.2) is 40.9 Å². The van der Waals surface area contributed by atoms with Gasteiger partial charge in [-0.3, -0.25) is 0 Å². The van der Waals surface area contributed by atoms with Crippen LogP contribution in [0.2, 0.25) is 5.02 Å². The van der Waals surface area contributed by atoms with Crippen LogP contribution in [0, 0.1) is 5.82 Å². The topological polar surface area (TPSA) is 21.3 Å². The van der Waals surface area contributed by atoms with Gasteiger partial charge in [0.2, 0.25) is 0 Å². The van der Waals surface area contributed by atoms with Gasteiger partial charge in [-0.1, -0.05) is 17.7 Å². The summed E-state index contributed by atoms with van der Waals surface area (Å²) in [5.74, 6) is 0.870. The summed E-state index contributed by atoms with van der Waals surface area (Å²) >= 11 is 9.31. The van der Waals surface area contributed by atoms with E-state index in [-0.39, 0.29) is 5.82 Å². The van der Waals surface area contributed by atoms with E-state index >= 15 is 0 Å². The van der Waals surface area contributed by atoms with Gasteiger partial charge in [-0.05, 0) is 59.1 Å². The molecule has 1 aliphatic rings. The van der Waals surface area contributed by atoms with Crippen molar-refractivity contribution in [3.05, 3.63) is 57.3 Å². The SMILES string of the molecule is Fc1cccc(Oc2ccc(Cl)cc2Br)c1CNC1CC1. The van der Waals surface area contributed by atoms with Crippen LogP contribution in [0.25, 0.3) is 0 Å². The van der Waals surface area contributed by atoms with Gasteiger partial charge in [0.1, 0.15) is 17.3 Å². The van der Waals surface area contributed by atoms with E-state index in [0.29, 0.717) is 34.7 Å². The van der Waals surface area contributed by atoms with Gasteiger partial charge in [-0.25, -0.2) is 4.39 Å². The van der Waals surface area contributed by atoms with Crippen molar-refractivity contribution >= 4 is 27.5 Å². The third-order valence-corrected chi connectivity index (χ3v) is 4.19. The fourth-order valence-corrected chi connectivity index (χ4v) is 2.78. The number of hydrogen-bond donors (Lipinski definition) is 1. The lowest BCUT2D eigenvalue weighted by Gasteiger charge is -2.13. The maximum atomic E-state index is 14.0. The molecule has 2 aromatic carbocycles. The number of benzene rings is 2. The number of halogens is 3. The molecule has 0 radical (unpaired) electrons. The molecule has 2 nitrogen and oxygen atoms in total. The Hall–Kier alpha value is -1.10. The zero-order valence-electron chi connectivity index (χ0n) is 11.2. The molecule has 1 aliphatic carbocycles. The monoisotopic (exact) mass is 369 g/mol. The minimum atomic E-state index is -0.259. The van der Waals surface area contributed by atoms with Crippen LogP contribution in [0.5, 0.6) is 11.5 Å². The highest BCUT2D eigenvalue weighted by Gasteiger charge is 2.22. The molecular formula is C16H14BrClFNO. The van der Waals surface area contributed by atoms with Gasteiger partial charge in [0, 0.05) is 23.2 Å². The summed E-state index contributed by atoms with van der Waals surface area (Å²) < 4.78 is 20.6. The molecule has 110 valence electrons. The molecule has 0 aliphatic heterocycles. The maximum Gasteiger partial charge on any atom is 0.141 e. The Kier molecular flexibility index (Phi) is 4.48. The Bertz CT molecular complexity index is 661. The van der Waals surface area contributed by atoms with Crippen molar-refractivity contribution in [1.82, 2.24) is 5.32 Å². The minimum Gasteiger partial charge on any atom is -0.456 e. The molecule has 1 N–H and O–H groups in total. The first-order valence-electron chi connectivity index (χ1n) is 6.77. The van der Waals surface area contributed by atoms with Gasteiger partial charge in [0.05, 0.1) is 4.47 Å². The molecule has 21 heavy (non-hydrogen) atoms. The first-order valence-corrected chi connectivity index (χ1v) is 7.94. The first kappa shape index (κ1) is 14.8. The van der Waals surface area contributed by atoms with Gasteiger partial charge >= 0.3 is 0 Å². The predicted molar refractivity (Wildman–Crippen MR) is 85.5 cm³/mol. The molecule has 0 unspecified atom stereocenters. The molecular weight excluding hydrogens is 357 g/mol. The average molecular weight is 371 g/mol. The molecule has 0 amide bonds. The number of rotatable bonds is 5. The summed E-state index contributed by atoms with van der Waals surface area (Å²) in [6, 6.07) is 10.6. The number of hydrogen-bond acceptors (Lipinski definition) is 2. The maximum absolute atomic E-state index is 14.0. The molecule has 5 heteroatoms. The molecule has 2 aromatic rings. The van der Waals surface area contributed by atoms with Crippen LogP contribution >= 0.6 is 27.5 Å². The van der Waals surface area contributed by atoms with Crippen molar-refractivity contribution in [1.29, 1.82) is 0 Å². The Morgan fingerprint density at radius 3 is 2.76 bits per heavy atom. The van der Waals surface area contributed by atoms with E-state index in [1.54, 1.807) is 30.3 Å². The van der Waals surface area contributed by atoms with E-state index in [4.69, 9.17) is 16.3 Å². The van der Waals surface area contributed by atoms with Crippen molar-refractivity contribution in [3.8, 4) is 11.5 Å². The summed E-state index contributed by atoms with van der Waals surface area (Å²) in [5, 5.41) is 3.93. The lowest BCUT2D eigenvalue weighted by molar-refractivity contribution is 0.459. The lowest BCUT2D eigenvalue weighted by atomic mass is 10.2. The van der Waals surface area contributed by atoms with E-state index in [1.807, 2.05) is 0 Å². The molecule has 0 saturated heterocycles. The third kappa shape index (κ3) is 3.76. The summed E-state index contributed by atoms with van der Waals surface area (Å²) in [5.41, 5.74) is 0.547. The Labute approximate surface area is 136 Å². The molecule has 0 bridgehead atoms. The highest BCUT2D eigenvalue weighted by molar-refractivity contribution is 9.10. The Balaban J connectivity index is 1.84. The van der Waals surface area contributed by atoms with Crippen molar-refractivity contribution < 1.29 is 9.13 Å². The van der Waals surface area contributed by atoms with Crippen LogP contribution in [-0.4, -0.2) is 6.04 Å².